The molecule has 16 heavy (non-hydrogen) atoms. The molecule has 4 heteroatoms. The number of fused-ring (bicyclic) bond motifs is 5. The summed E-state index contributed by atoms with van der Waals surface area (Å²) in [4.78, 5) is 22.5. The van der Waals surface area contributed by atoms with Gasteiger partial charge in [-0.1, -0.05) is 0 Å². The van der Waals surface area contributed by atoms with Crippen LogP contribution in [0.3, 0.4) is 0 Å². The van der Waals surface area contributed by atoms with E-state index in [-0.39, 0.29) is 11.8 Å². The van der Waals surface area contributed by atoms with Crippen LogP contribution in [0, 0.1) is 29.6 Å². The Morgan fingerprint density at radius 3 is 2.31 bits per heavy atom. The van der Waals surface area contributed by atoms with Crippen LogP contribution in [0.1, 0.15) is 26.2 Å². The molecule has 3 aliphatic carbocycles. The monoisotopic (exact) mass is 223 g/mol. The van der Waals surface area contributed by atoms with Crippen molar-refractivity contribution >= 4 is 11.9 Å². The van der Waals surface area contributed by atoms with Gasteiger partial charge in [-0.3, -0.25) is 9.59 Å². The Morgan fingerprint density at radius 1 is 1.25 bits per heavy atom. The molecule has 5 atom stereocenters. The van der Waals surface area contributed by atoms with Crippen molar-refractivity contribution in [2.75, 3.05) is 0 Å². The smallest absolute Gasteiger partial charge is 0.325 e. The summed E-state index contributed by atoms with van der Waals surface area (Å²) in [5, 5.41) is 11.3. The second-order valence-electron chi connectivity index (χ2n) is 5.58. The molecule has 5 unspecified atom stereocenters. The summed E-state index contributed by atoms with van der Waals surface area (Å²) in [6.45, 7) is 1.52. The highest BCUT2D eigenvalue weighted by Crippen LogP contribution is 2.69. The molecule has 88 valence electrons. The number of carboxylic acid groups (broad SMARTS) is 1. The summed E-state index contributed by atoms with van der Waals surface area (Å²) in [5.74, 6) is 1.83. The molecule has 0 aromatic rings. The van der Waals surface area contributed by atoms with E-state index in [1.165, 1.54) is 26.2 Å². The first-order valence-electron chi connectivity index (χ1n) is 6.12. The number of carbonyl (C=O) groups is 2. The number of aliphatic carboxylic acids is 1. The van der Waals surface area contributed by atoms with Gasteiger partial charge < -0.3 is 10.4 Å². The minimum absolute atomic E-state index is 0.0264. The molecule has 2 bridgehead atoms. The van der Waals surface area contributed by atoms with Crippen molar-refractivity contribution in [2.24, 2.45) is 29.6 Å². The van der Waals surface area contributed by atoms with E-state index in [0.29, 0.717) is 11.8 Å². The van der Waals surface area contributed by atoms with E-state index in [4.69, 9.17) is 5.11 Å². The van der Waals surface area contributed by atoms with Gasteiger partial charge in [0.1, 0.15) is 6.04 Å². The summed E-state index contributed by atoms with van der Waals surface area (Å²) in [5.41, 5.74) is 0. The normalized spacial score (nSPS) is 44.9. The van der Waals surface area contributed by atoms with Gasteiger partial charge in [0.05, 0.1) is 0 Å². The molecule has 3 saturated carbocycles. The molecule has 0 aromatic heterocycles. The van der Waals surface area contributed by atoms with Gasteiger partial charge in [0.25, 0.3) is 0 Å². The van der Waals surface area contributed by atoms with Gasteiger partial charge >= 0.3 is 5.97 Å². The first kappa shape index (κ1) is 10.1. The van der Waals surface area contributed by atoms with E-state index in [2.05, 4.69) is 5.32 Å². The number of hydrogen-bond donors (Lipinski definition) is 2. The average Bonchev–Trinajstić information content (AvgIpc) is 2.68. The van der Waals surface area contributed by atoms with Crippen molar-refractivity contribution in [3.05, 3.63) is 0 Å². The second-order valence-corrected chi connectivity index (χ2v) is 5.58. The van der Waals surface area contributed by atoms with Crippen molar-refractivity contribution in [2.45, 2.75) is 32.2 Å². The average molecular weight is 223 g/mol. The molecule has 4 nitrogen and oxygen atoms in total. The lowest BCUT2D eigenvalue weighted by Gasteiger charge is -2.12. The quantitative estimate of drug-likeness (QED) is 0.746. The standard InChI is InChI=1S/C12H17NO3/c1-5(12(15)16)13-11(14)10-8-6-2-3-7(4-6)9(8)10/h5-10H,2-4H2,1H3,(H,13,14)(H,15,16). The number of carboxylic acids is 1. The molecule has 3 aliphatic rings. The minimum Gasteiger partial charge on any atom is -0.480 e. The van der Waals surface area contributed by atoms with Crippen LogP contribution in [0.5, 0.6) is 0 Å². The molecule has 3 rings (SSSR count). The zero-order chi connectivity index (χ0) is 11.4. The van der Waals surface area contributed by atoms with Crippen LogP contribution in [0.4, 0.5) is 0 Å². The largest absolute Gasteiger partial charge is 0.480 e. The van der Waals surface area contributed by atoms with Crippen LogP contribution < -0.4 is 5.32 Å². The number of amides is 1. The van der Waals surface area contributed by atoms with Crippen LogP contribution in [0.15, 0.2) is 0 Å². The van der Waals surface area contributed by atoms with Crippen LogP contribution in [0.25, 0.3) is 0 Å². The third kappa shape index (κ3) is 1.28. The first-order chi connectivity index (χ1) is 7.59. The maximum absolute atomic E-state index is 11.9. The molecular formula is C12H17NO3. The SMILES string of the molecule is CC(NC(=O)C1C2C3CCC(C3)C12)C(=O)O. The summed E-state index contributed by atoms with van der Waals surface area (Å²) < 4.78 is 0. The Balaban J connectivity index is 1.61. The van der Waals surface area contributed by atoms with Crippen LogP contribution >= 0.6 is 0 Å². The fourth-order valence-corrected chi connectivity index (χ4v) is 4.05. The zero-order valence-electron chi connectivity index (χ0n) is 9.35. The van der Waals surface area contributed by atoms with Crippen LogP contribution in [-0.2, 0) is 9.59 Å². The Bertz CT molecular complexity index is 338. The van der Waals surface area contributed by atoms with E-state index in [1.807, 2.05) is 0 Å². The van der Waals surface area contributed by atoms with Gasteiger partial charge in [-0.2, -0.15) is 0 Å². The Labute approximate surface area is 94.4 Å². The summed E-state index contributed by atoms with van der Waals surface area (Å²) in [6.07, 6.45) is 3.88. The maximum atomic E-state index is 11.9. The van der Waals surface area contributed by atoms with Gasteiger partial charge in [-0.05, 0) is 49.9 Å². The number of hydrogen-bond acceptors (Lipinski definition) is 2. The maximum Gasteiger partial charge on any atom is 0.325 e. The molecule has 3 fully saturated rings. The van der Waals surface area contributed by atoms with Crippen molar-refractivity contribution in [1.82, 2.24) is 5.32 Å². The molecule has 2 N–H and O–H groups in total. The first-order valence-corrected chi connectivity index (χ1v) is 6.12. The van der Waals surface area contributed by atoms with E-state index in [9.17, 15) is 9.59 Å². The lowest BCUT2D eigenvalue weighted by atomic mass is 10.0. The lowest BCUT2D eigenvalue weighted by Crippen LogP contribution is -2.40. The Kier molecular flexibility index (Phi) is 2.03. The van der Waals surface area contributed by atoms with Crippen LogP contribution in [-0.4, -0.2) is 23.0 Å². The van der Waals surface area contributed by atoms with Crippen molar-refractivity contribution < 1.29 is 14.7 Å². The lowest BCUT2D eigenvalue weighted by molar-refractivity contribution is -0.141. The molecule has 1 amide bonds. The number of nitrogens with one attached hydrogen (secondary N) is 1. The zero-order valence-corrected chi connectivity index (χ0v) is 9.35. The number of rotatable bonds is 3. The molecule has 0 aromatic carbocycles. The highest BCUT2D eigenvalue weighted by Gasteiger charge is 2.67. The minimum atomic E-state index is -0.956. The molecule has 0 saturated heterocycles. The van der Waals surface area contributed by atoms with Gasteiger partial charge in [0.2, 0.25) is 5.91 Å². The van der Waals surface area contributed by atoms with Gasteiger partial charge in [0.15, 0.2) is 0 Å². The predicted molar refractivity (Wildman–Crippen MR) is 56.5 cm³/mol. The van der Waals surface area contributed by atoms with Crippen molar-refractivity contribution in [3.8, 4) is 0 Å². The van der Waals surface area contributed by atoms with Crippen molar-refractivity contribution in [3.63, 3.8) is 0 Å². The molecular weight excluding hydrogens is 206 g/mol. The highest BCUT2D eigenvalue weighted by molar-refractivity contribution is 5.87. The molecule has 0 spiro atoms. The fraction of sp³-hybridized carbons (Fsp3) is 0.833. The highest BCUT2D eigenvalue weighted by atomic mass is 16.4. The topological polar surface area (TPSA) is 66.4 Å². The van der Waals surface area contributed by atoms with Crippen molar-refractivity contribution in [1.29, 1.82) is 0 Å². The summed E-state index contributed by atoms with van der Waals surface area (Å²) in [6, 6.07) is -0.758. The van der Waals surface area contributed by atoms with E-state index in [1.54, 1.807) is 0 Å². The third-order valence-electron chi connectivity index (χ3n) is 4.77. The second kappa shape index (κ2) is 3.22. The predicted octanol–water partition coefficient (Wildman–Crippen LogP) is 0.868. The van der Waals surface area contributed by atoms with Gasteiger partial charge in [-0.25, -0.2) is 0 Å². The third-order valence-corrected chi connectivity index (χ3v) is 4.77. The summed E-state index contributed by atoms with van der Waals surface area (Å²) >= 11 is 0. The van der Waals surface area contributed by atoms with E-state index < -0.39 is 12.0 Å². The Morgan fingerprint density at radius 2 is 1.81 bits per heavy atom. The number of carbonyl (C=O) groups excluding carboxylic acids is 1. The Hall–Kier alpha value is -1.06. The van der Waals surface area contributed by atoms with Gasteiger partial charge in [-0.15, -0.1) is 0 Å². The summed E-state index contributed by atoms with van der Waals surface area (Å²) in [7, 11) is 0. The van der Waals surface area contributed by atoms with E-state index >= 15 is 0 Å². The fourth-order valence-electron chi connectivity index (χ4n) is 4.05. The molecule has 0 aliphatic heterocycles. The van der Waals surface area contributed by atoms with Crippen LogP contribution in [0.2, 0.25) is 0 Å². The molecule has 0 radical (unpaired) electrons. The van der Waals surface area contributed by atoms with Gasteiger partial charge in [0, 0.05) is 5.92 Å². The van der Waals surface area contributed by atoms with E-state index in [0.717, 1.165) is 11.8 Å². The molecule has 0 heterocycles.